The number of nitrogens with zero attached hydrogens (tertiary/aromatic N) is 1. The lowest BCUT2D eigenvalue weighted by Gasteiger charge is -1.99. The molecule has 0 spiro atoms. The topological polar surface area (TPSA) is 39.2 Å². The molecular weight excluding hydrogens is 265 g/mol. The average Bonchev–Trinajstić information content (AvgIpc) is 2.79. The molecule has 0 radical (unpaired) electrons. The molecule has 0 amide bonds. The van der Waals surface area contributed by atoms with E-state index in [0.717, 1.165) is 22.4 Å². The highest BCUT2D eigenvalue weighted by Gasteiger charge is 2.16. The third-order valence-electron chi connectivity index (χ3n) is 2.35. The van der Waals surface area contributed by atoms with E-state index < -0.39 is 0 Å². The molecule has 0 N–H and O–H groups in total. The van der Waals surface area contributed by atoms with Gasteiger partial charge in [0.25, 0.3) is 0 Å². The normalized spacial score (nSPS) is 10.3. The molecule has 0 aliphatic rings. The van der Waals surface area contributed by atoms with Gasteiger partial charge in [0.15, 0.2) is 0 Å². The summed E-state index contributed by atoms with van der Waals surface area (Å²) in [5.74, 6) is -0.283. The molecule has 1 aromatic heterocycles. The molecule has 18 heavy (non-hydrogen) atoms. The molecule has 0 fully saturated rings. The van der Waals surface area contributed by atoms with Crippen molar-refractivity contribution in [2.45, 2.75) is 6.92 Å². The van der Waals surface area contributed by atoms with Gasteiger partial charge in [0.05, 0.1) is 12.3 Å². The average molecular weight is 279 g/mol. The minimum absolute atomic E-state index is 0.283. The molecular formula is C13H14NO2PS. The number of carbonyl (C=O) groups excluding carboxylic acids is 1. The lowest BCUT2D eigenvalue weighted by molar-refractivity contribution is 0.0535. The van der Waals surface area contributed by atoms with Crippen LogP contribution in [0.4, 0.5) is 0 Å². The van der Waals surface area contributed by atoms with Gasteiger partial charge in [0, 0.05) is 5.56 Å². The van der Waals surface area contributed by atoms with Crippen LogP contribution in [-0.2, 0) is 4.74 Å². The van der Waals surface area contributed by atoms with Gasteiger partial charge in [0.1, 0.15) is 9.88 Å². The van der Waals surface area contributed by atoms with Gasteiger partial charge in [-0.2, -0.15) is 0 Å². The number of hydrogen-bond acceptors (Lipinski definition) is 4. The van der Waals surface area contributed by atoms with E-state index in [9.17, 15) is 4.79 Å². The maximum atomic E-state index is 11.8. The van der Waals surface area contributed by atoms with Crippen LogP contribution in [0.1, 0.15) is 15.4 Å². The summed E-state index contributed by atoms with van der Waals surface area (Å²) < 4.78 is 5.12. The number of esters is 1. The van der Waals surface area contributed by atoms with E-state index in [0.29, 0.717) is 11.5 Å². The highest BCUT2D eigenvalue weighted by Crippen LogP contribution is 2.28. The van der Waals surface area contributed by atoms with Gasteiger partial charge < -0.3 is 4.74 Å². The second-order valence-corrected chi connectivity index (χ2v) is 5.30. The van der Waals surface area contributed by atoms with Crippen LogP contribution in [0.2, 0.25) is 0 Å². The van der Waals surface area contributed by atoms with Crippen molar-refractivity contribution in [3.05, 3.63) is 40.9 Å². The van der Waals surface area contributed by atoms with Crippen LogP contribution in [0.5, 0.6) is 0 Å². The highest BCUT2D eigenvalue weighted by molar-refractivity contribution is 7.17. The van der Waals surface area contributed by atoms with Crippen molar-refractivity contribution < 1.29 is 9.53 Å². The molecule has 0 aliphatic carbocycles. The van der Waals surface area contributed by atoms with Gasteiger partial charge in [-0.25, -0.2) is 9.78 Å². The second-order valence-electron chi connectivity index (χ2n) is 3.72. The minimum Gasteiger partial charge on any atom is -0.461 e. The van der Waals surface area contributed by atoms with Crippen LogP contribution in [-0.4, -0.2) is 23.7 Å². The van der Waals surface area contributed by atoms with Gasteiger partial charge in [-0.15, -0.1) is 20.6 Å². The Labute approximate surface area is 112 Å². The fourth-order valence-corrected chi connectivity index (χ4v) is 2.59. The first-order chi connectivity index (χ1) is 8.72. The van der Waals surface area contributed by atoms with Crippen molar-refractivity contribution in [2.75, 3.05) is 12.8 Å². The van der Waals surface area contributed by atoms with E-state index in [-0.39, 0.29) is 5.97 Å². The summed E-state index contributed by atoms with van der Waals surface area (Å²) >= 11 is 1.38. The largest absolute Gasteiger partial charge is 0.461 e. The summed E-state index contributed by atoms with van der Waals surface area (Å²) in [4.78, 5) is 16.8. The van der Waals surface area contributed by atoms with Gasteiger partial charge in [-0.3, -0.25) is 0 Å². The number of ether oxygens (including phenoxy) is 1. The van der Waals surface area contributed by atoms with Crippen LogP contribution >= 0.6 is 20.6 Å². The third-order valence-corrected chi connectivity index (χ3v) is 3.78. The Morgan fingerprint density at radius 2 is 2.11 bits per heavy atom. The Bertz CT molecular complexity index is 539. The van der Waals surface area contributed by atoms with Crippen molar-refractivity contribution >= 4 is 26.5 Å². The first kappa shape index (κ1) is 13.2. The molecule has 1 unspecified atom stereocenters. The number of aromatic nitrogens is 1. The van der Waals surface area contributed by atoms with Gasteiger partial charge >= 0.3 is 5.97 Å². The summed E-state index contributed by atoms with van der Waals surface area (Å²) in [5, 5.41) is 0.853. The number of hydrogen-bond donors (Lipinski definition) is 0. The molecule has 94 valence electrons. The monoisotopic (exact) mass is 279 g/mol. The van der Waals surface area contributed by atoms with Gasteiger partial charge in [-0.05, 0) is 13.1 Å². The van der Waals surface area contributed by atoms with E-state index in [1.54, 1.807) is 0 Å². The Kier molecular flexibility index (Phi) is 4.45. The fraction of sp³-hybridized carbons (Fsp3) is 0.231. The van der Waals surface area contributed by atoms with E-state index in [1.165, 1.54) is 11.3 Å². The summed E-state index contributed by atoms with van der Waals surface area (Å²) in [6.07, 6.45) is 0.745. The lowest BCUT2D eigenvalue weighted by Crippen LogP contribution is -2.06. The summed E-state index contributed by atoms with van der Waals surface area (Å²) in [5.41, 5.74) is 1.75. The van der Waals surface area contributed by atoms with Crippen LogP contribution < -0.4 is 0 Å². The number of rotatable bonds is 4. The Balaban J connectivity index is 2.25. The van der Waals surface area contributed by atoms with Crippen molar-refractivity contribution in [3.63, 3.8) is 0 Å². The number of carbonyl (C=O) groups is 1. The molecule has 0 saturated heterocycles. The molecule has 2 aromatic rings. The van der Waals surface area contributed by atoms with Crippen molar-refractivity contribution in [3.8, 4) is 10.6 Å². The predicted octanol–water partition coefficient (Wildman–Crippen LogP) is 3.15. The number of aryl methyl sites for hydroxylation is 1. The van der Waals surface area contributed by atoms with E-state index in [4.69, 9.17) is 4.74 Å². The van der Waals surface area contributed by atoms with Crippen LogP contribution in [0, 0.1) is 6.92 Å². The van der Waals surface area contributed by atoms with Crippen LogP contribution in [0.3, 0.4) is 0 Å². The Hall–Kier alpha value is -1.25. The number of thiazole rings is 1. The van der Waals surface area contributed by atoms with Crippen LogP contribution in [0.15, 0.2) is 30.3 Å². The Morgan fingerprint density at radius 1 is 1.39 bits per heavy atom. The molecule has 1 heterocycles. The van der Waals surface area contributed by atoms with Crippen molar-refractivity contribution in [2.24, 2.45) is 0 Å². The highest BCUT2D eigenvalue weighted by atomic mass is 32.1. The molecule has 0 saturated carbocycles. The summed E-state index contributed by atoms with van der Waals surface area (Å²) in [6.45, 7) is 2.25. The molecule has 1 atom stereocenters. The van der Waals surface area contributed by atoms with E-state index in [2.05, 4.69) is 14.2 Å². The minimum atomic E-state index is -0.283. The standard InChI is InChI=1S/C13H14NO2PS/c1-9-11(13(15)16-7-8-17)18-12(14-9)10-5-3-2-4-6-10/h2-6H,7-8,17H2,1H3. The fourth-order valence-electron chi connectivity index (χ4n) is 1.51. The quantitative estimate of drug-likeness (QED) is 0.637. The van der Waals surface area contributed by atoms with Crippen molar-refractivity contribution in [1.29, 1.82) is 0 Å². The molecule has 1 aromatic carbocycles. The predicted molar refractivity (Wildman–Crippen MR) is 77.1 cm³/mol. The zero-order valence-electron chi connectivity index (χ0n) is 10.1. The van der Waals surface area contributed by atoms with Gasteiger partial charge in [-0.1, -0.05) is 30.3 Å². The molecule has 0 aliphatic heterocycles. The zero-order valence-corrected chi connectivity index (χ0v) is 12.0. The smallest absolute Gasteiger partial charge is 0.350 e. The first-order valence-electron chi connectivity index (χ1n) is 5.62. The molecule has 0 bridgehead atoms. The molecule has 3 nitrogen and oxygen atoms in total. The summed E-state index contributed by atoms with van der Waals surface area (Å²) in [7, 11) is 2.53. The van der Waals surface area contributed by atoms with Crippen LogP contribution in [0.25, 0.3) is 10.6 Å². The Morgan fingerprint density at radius 3 is 2.78 bits per heavy atom. The van der Waals surface area contributed by atoms with E-state index >= 15 is 0 Å². The molecule has 2 rings (SSSR count). The van der Waals surface area contributed by atoms with Crippen molar-refractivity contribution in [1.82, 2.24) is 4.98 Å². The maximum Gasteiger partial charge on any atom is 0.350 e. The SMILES string of the molecule is Cc1nc(-c2ccccc2)sc1C(=O)OCCP. The second kappa shape index (κ2) is 6.07. The summed E-state index contributed by atoms with van der Waals surface area (Å²) in [6, 6.07) is 9.83. The lowest BCUT2D eigenvalue weighted by atomic mass is 10.2. The van der Waals surface area contributed by atoms with Gasteiger partial charge in [0.2, 0.25) is 0 Å². The maximum absolute atomic E-state index is 11.8. The first-order valence-corrected chi connectivity index (χ1v) is 7.25. The molecule has 5 heteroatoms. The number of benzene rings is 1. The third kappa shape index (κ3) is 2.95. The zero-order chi connectivity index (χ0) is 13.0. The van der Waals surface area contributed by atoms with E-state index in [1.807, 2.05) is 37.3 Å².